The minimum Gasteiger partial charge on any atom is -0.381 e. The lowest BCUT2D eigenvalue weighted by Crippen LogP contribution is -2.25. The molecule has 1 saturated heterocycles. The molecule has 1 fully saturated rings. The summed E-state index contributed by atoms with van der Waals surface area (Å²) in [5.74, 6) is 0.403. The number of rotatable bonds is 5. The van der Waals surface area contributed by atoms with Crippen molar-refractivity contribution in [1.29, 1.82) is 0 Å². The molecule has 1 aromatic rings. The maximum absolute atomic E-state index is 11.8. The summed E-state index contributed by atoms with van der Waals surface area (Å²) in [5.41, 5.74) is -0.0201. The molecule has 0 radical (unpaired) electrons. The average molecular weight is 285 g/mol. The number of ether oxygens (including phenoxy) is 1. The molecule has 0 bridgehead atoms. The first-order chi connectivity index (χ1) is 9.16. The van der Waals surface area contributed by atoms with Crippen LogP contribution in [0.3, 0.4) is 0 Å². The van der Waals surface area contributed by atoms with E-state index < -0.39 is 0 Å². The first kappa shape index (κ1) is 14.1. The highest BCUT2D eigenvalue weighted by atomic mass is 35.5. The number of hydrogen-bond donors (Lipinski definition) is 2. The predicted octanol–water partition coefficient (Wildman–Crippen LogP) is 1.57. The second kappa shape index (κ2) is 6.73. The molecule has 0 spiro atoms. The van der Waals surface area contributed by atoms with Gasteiger partial charge < -0.3 is 15.0 Å². The normalized spacial score (nSPS) is 18.5. The summed E-state index contributed by atoms with van der Waals surface area (Å²) in [4.78, 5) is 25.3. The lowest BCUT2D eigenvalue weighted by molar-refractivity contribution is 0.0952. The fourth-order valence-electron chi connectivity index (χ4n) is 2.09. The summed E-state index contributed by atoms with van der Waals surface area (Å²) in [7, 11) is 0. The molecule has 0 saturated carbocycles. The molecule has 19 heavy (non-hydrogen) atoms. The third kappa shape index (κ3) is 4.08. The summed E-state index contributed by atoms with van der Waals surface area (Å²) < 4.78 is 5.29. The van der Waals surface area contributed by atoms with Gasteiger partial charge in [-0.05, 0) is 31.2 Å². The maximum atomic E-state index is 11.8. The molecule has 2 heterocycles. The van der Waals surface area contributed by atoms with Gasteiger partial charge in [0.1, 0.15) is 5.02 Å². The van der Waals surface area contributed by atoms with Crippen molar-refractivity contribution in [2.45, 2.75) is 19.3 Å². The summed E-state index contributed by atoms with van der Waals surface area (Å²) in [6.45, 7) is 2.31. The summed E-state index contributed by atoms with van der Waals surface area (Å²) >= 11 is 5.67. The van der Waals surface area contributed by atoms with Gasteiger partial charge in [-0.15, -0.1) is 0 Å². The number of aromatic amines is 1. The van der Waals surface area contributed by atoms with Crippen molar-refractivity contribution in [3.05, 3.63) is 33.2 Å². The van der Waals surface area contributed by atoms with E-state index in [9.17, 15) is 9.59 Å². The van der Waals surface area contributed by atoms with Gasteiger partial charge in [-0.2, -0.15) is 0 Å². The van der Waals surface area contributed by atoms with Crippen LogP contribution in [0.5, 0.6) is 0 Å². The molecular formula is C13H17ClN2O3. The Kier molecular flexibility index (Phi) is 4.99. The zero-order chi connectivity index (χ0) is 13.7. The van der Waals surface area contributed by atoms with E-state index in [1.54, 1.807) is 0 Å². The van der Waals surface area contributed by atoms with Crippen LogP contribution in [0.25, 0.3) is 0 Å². The van der Waals surface area contributed by atoms with Crippen molar-refractivity contribution in [2.24, 2.45) is 5.92 Å². The SMILES string of the molecule is O=C(NCCC[C@@H]1CCOC1)c1c[nH]c(=O)c(Cl)c1. The third-order valence-corrected chi connectivity index (χ3v) is 3.50. The van der Waals surface area contributed by atoms with Crippen molar-refractivity contribution in [1.82, 2.24) is 10.3 Å². The number of aromatic nitrogens is 1. The highest BCUT2D eigenvalue weighted by Crippen LogP contribution is 2.17. The Morgan fingerprint density at radius 3 is 3.11 bits per heavy atom. The highest BCUT2D eigenvalue weighted by molar-refractivity contribution is 6.30. The Balaban J connectivity index is 1.74. The van der Waals surface area contributed by atoms with Gasteiger partial charge in [0.05, 0.1) is 5.56 Å². The molecule has 6 heteroatoms. The van der Waals surface area contributed by atoms with Crippen LogP contribution < -0.4 is 10.9 Å². The van der Waals surface area contributed by atoms with E-state index in [0.29, 0.717) is 18.0 Å². The molecule has 1 aliphatic heterocycles. The topological polar surface area (TPSA) is 71.2 Å². The number of carbonyl (C=O) groups is 1. The molecule has 2 rings (SSSR count). The van der Waals surface area contributed by atoms with Gasteiger partial charge >= 0.3 is 0 Å². The summed E-state index contributed by atoms with van der Waals surface area (Å²) in [5, 5.41) is 2.83. The van der Waals surface area contributed by atoms with Gasteiger partial charge in [0, 0.05) is 26.0 Å². The van der Waals surface area contributed by atoms with Crippen LogP contribution in [0.2, 0.25) is 5.02 Å². The Bertz CT molecular complexity index is 495. The van der Waals surface area contributed by atoms with Gasteiger partial charge in [-0.1, -0.05) is 11.6 Å². The van der Waals surface area contributed by atoms with Gasteiger partial charge in [-0.25, -0.2) is 0 Å². The number of pyridine rings is 1. The standard InChI is InChI=1S/C13H17ClN2O3/c14-11-6-10(7-16-13(11)18)12(17)15-4-1-2-9-3-5-19-8-9/h6-7,9H,1-5,8H2,(H,15,17)(H,16,18)/t9-/m1/s1. The molecule has 0 unspecified atom stereocenters. The minimum absolute atomic E-state index is 0.0238. The zero-order valence-corrected chi connectivity index (χ0v) is 11.3. The maximum Gasteiger partial charge on any atom is 0.266 e. The van der Waals surface area contributed by atoms with Gasteiger partial charge in [0.15, 0.2) is 0 Å². The van der Waals surface area contributed by atoms with E-state index in [1.165, 1.54) is 12.3 Å². The zero-order valence-electron chi connectivity index (χ0n) is 10.6. The minimum atomic E-state index is -0.389. The largest absolute Gasteiger partial charge is 0.381 e. The van der Waals surface area contributed by atoms with Crippen LogP contribution in [-0.4, -0.2) is 30.6 Å². The smallest absolute Gasteiger partial charge is 0.266 e. The number of amides is 1. The molecule has 1 aliphatic rings. The Morgan fingerprint density at radius 2 is 2.42 bits per heavy atom. The van der Waals surface area contributed by atoms with Crippen LogP contribution in [0, 0.1) is 5.92 Å². The van der Waals surface area contributed by atoms with Crippen molar-refractivity contribution < 1.29 is 9.53 Å². The van der Waals surface area contributed by atoms with Gasteiger partial charge in [0.25, 0.3) is 11.5 Å². The molecule has 1 atom stereocenters. The van der Waals surface area contributed by atoms with Crippen molar-refractivity contribution in [3.8, 4) is 0 Å². The van der Waals surface area contributed by atoms with Crippen LogP contribution in [0.15, 0.2) is 17.1 Å². The summed E-state index contributed by atoms with van der Waals surface area (Å²) in [6.07, 6.45) is 4.47. The number of H-pyrrole nitrogens is 1. The van der Waals surface area contributed by atoms with Crippen LogP contribution >= 0.6 is 11.6 Å². The van der Waals surface area contributed by atoms with Crippen molar-refractivity contribution in [3.63, 3.8) is 0 Å². The molecule has 104 valence electrons. The molecular weight excluding hydrogens is 268 g/mol. The van der Waals surface area contributed by atoms with E-state index in [0.717, 1.165) is 32.5 Å². The van der Waals surface area contributed by atoms with E-state index in [2.05, 4.69) is 10.3 Å². The van der Waals surface area contributed by atoms with E-state index in [-0.39, 0.29) is 16.5 Å². The van der Waals surface area contributed by atoms with Gasteiger partial charge in [0.2, 0.25) is 0 Å². The Morgan fingerprint density at radius 1 is 1.58 bits per heavy atom. The van der Waals surface area contributed by atoms with E-state index in [4.69, 9.17) is 16.3 Å². The number of halogens is 1. The molecule has 2 N–H and O–H groups in total. The van der Waals surface area contributed by atoms with Crippen molar-refractivity contribution in [2.75, 3.05) is 19.8 Å². The number of hydrogen-bond acceptors (Lipinski definition) is 3. The van der Waals surface area contributed by atoms with E-state index >= 15 is 0 Å². The monoisotopic (exact) mass is 284 g/mol. The third-order valence-electron chi connectivity index (χ3n) is 3.22. The Labute approximate surface area is 116 Å². The quantitative estimate of drug-likeness (QED) is 0.807. The van der Waals surface area contributed by atoms with Crippen LogP contribution in [0.4, 0.5) is 0 Å². The van der Waals surface area contributed by atoms with Crippen molar-refractivity contribution >= 4 is 17.5 Å². The molecule has 1 aromatic heterocycles. The molecule has 0 aliphatic carbocycles. The number of carbonyl (C=O) groups excluding carboxylic acids is 1. The highest BCUT2D eigenvalue weighted by Gasteiger charge is 2.15. The predicted molar refractivity (Wildman–Crippen MR) is 72.6 cm³/mol. The first-order valence-electron chi connectivity index (χ1n) is 6.41. The Hall–Kier alpha value is -1.33. The van der Waals surface area contributed by atoms with E-state index in [1.807, 2.05) is 0 Å². The lowest BCUT2D eigenvalue weighted by Gasteiger charge is -2.08. The summed E-state index contributed by atoms with van der Waals surface area (Å²) in [6, 6.07) is 1.38. The first-order valence-corrected chi connectivity index (χ1v) is 6.79. The second-order valence-corrected chi connectivity index (χ2v) is 5.10. The fraction of sp³-hybridized carbons (Fsp3) is 0.538. The lowest BCUT2D eigenvalue weighted by atomic mass is 10.0. The van der Waals surface area contributed by atoms with Crippen LogP contribution in [0.1, 0.15) is 29.6 Å². The molecule has 1 amide bonds. The number of nitrogens with one attached hydrogen (secondary N) is 2. The molecule has 5 nitrogen and oxygen atoms in total. The molecule has 0 aromatic carbocycles. The van der Waals surface area contributed by atoms with Gasteiger partial charge in [-0.3, -0.25) is 9.59 Å². The second-order valence-electron chi connectivity index (χ2n) is 4.69. The van der Waals surface area contributed by atoms with Crippen LogP contribution in [-0.2, 0) is 4.74 Å². The fourth-order valence-corrected chi connectivity index (χ4v) is 2.26. The average Bonchev–Trinajstić information content (AvgIpc) is 2.91.